The van der Waals surface area contributed by atoms with E-state index in [-0.39, 0.29) is 56.9 Å². The Kier molecular flexibility index (Phi) is 15.1. The van der Waals surface area contributed by atoms with Crippen molar-refractivity contribution in [3.63, 3.8) is 0 Å². The molecule has 0 bridgehead atoms. The Balaban J connectivity index is 1.42. The number of halogens is 11. The van der Waals surface area contributed by atoms with Crippen LogP contribution in [-0.4, -0.2) is 105 Å². The number of aromatic nitrogens is 5. The van der Waals surface area contributed by atoms with Gasteiger partial charge >= 0.3 is 18.4 Å². The highest BCUT2D eigenvalue weighted by atomic mass is 35.5. The monoisotopic (exact) mass is 1110 g/mol. The van der Waals surface area contributed by atoms with Crippen LogP contribution >= 0.6 is 11.6 Å². The van der Waals surface area contributed by atoms with E-state index in [1.165, 1.54) is 33.0 Å². The average molecular weight is 1110 g/mol. The van der Waals surface area contributed by atoms with E-state index >= 15 is 8.78 Å². The van der Waals surface area contributed by atoms with Crippen LogP contribution in [0, 0.1) is 29.4 Å². The van der Waals surface area contributed by atoms with Crippen LogP contribution in [-0.2, 0) is 68.8 Å². The van der Waals surface area contributed by atoms with Gasteiger partial charge in [0.15, 0.2) is 15.5 Å². The zero-order valence-electron chi connectivity index (χ0n) is 38.9. The standard InChI is InChI=1S/C45H41ClF10N8O8S2/c1-42(2,74(4,71)72)12-11-25-7-8-26(27-9-10-30(46)36-32(59-63(38(27)36)21-43(49,50)51)19-64(73(69)70)34(66)6-5-13-61(3)41(67)68)37(57-25)31(16-22-14-23(47)17-24(48)15-22)58-33(65)20-62-40-35(39(60-62)45(54,55)56)28-18-29(28)44(40,52)53/h7-10,14-15,17,28-29,31H,5-6,13,16,18-21H2,1-4H3,(H,58,65)(H,67,68)(H,69,70)/t28-,29+,31?/m0/s1. The van der Waals surface area contributed by atoms with E-state index in [0.29, 0.717) is 15.1 Å². The normalized spacial score (nSPS) is 17.0. The molecule has 3 aromatic heterocycles. The summed E-state index contributed by atoms with van der Waals surface area (Å²) in [5, 5.41) is 18.4. The topological polar surface area (TPSA) is 210 Å². The highest BCUT2D eigenvalue weighted by molar-refractivity contribution is 7.92. The van der Waals surface area contributed by atoms with Crippen molar-refractivity contribution >= 4 is 61.5 Å². The molecule has 3 heterocycles. The largest absolute Gasteiger partial charge is 0.465 e. The Morgan fingerprint density at radius 2 is 1.66 bits per heavy atom. The summed E-state index contributed by atoms with van der Waals surface area (Å²) >= 11 is 3.50. The third-order valence-corrected chi connectivity index (χ3v) is 15.4. The van der Waals surface area contributed by atoms with Gasteiger partial charge in [-0.1, -0.05) is 23.6 Å². The van der Waals surface area contributed by atoms with Crippen molar-refractivity contribution in [1.82, 2.24) is 39.1 Å². The predicted octanol–water partition coefficient (Wildman–Crippen LogP) is 8.15. The molecule has 3 amide bonds. The minimum absolute atomic E-state index is 0.155. The first-order valence-electron chi connectivity index (χ1n) is 21.8. The lowest BCUT2D eigenvalue weighted by molar-refractivity contribution is -0.143. The number of carbonyl (C=O) groups is 3. The molecule has 398 valence electrons. The molecule has 0 radical (unpaired) electrons. The maximum atomic E-state index is 15.6. The van der Waals surface area contributed by atoms with Crippen molar-refractivity contribution < 1.29 is 80.6 Å². The van der Waals surface area contributed by atoms with E-state index in [4.69, 9.17) is 16.7 Å². The second-order valence-electron chi connectivity index (χ2n) is 18.1. The highest BCUT2D eigenvalue weighted by Crippen LogP contribution is 2.68. The molecule has 0 aliphatic heterocycles. The molecule has 5 aromatic rings. The number of hydrogen-bond acceptors (Lipinski definition) is 9. The molecule has 2 aromatic carbocycles. The Hall–Kier alpha value is -6.31. The molecule has 0 spiro atoms. The van der Waals surface area contributed by atoms with Crippen LogP contribution in [0.5, 0.6) is 0 Å². The lowest BCUT2D eigenvalue weighted by atomic mass is 9.93. The quantitative estimate of drug-likeness (QED) is 0.0488. The molecule has 2 unspecified atom stereocenters. The smallest absolute Gasteiger partial charge is 0.435 e. The second kappa shape index (κ2) is 20.1. The van der Waals surface area contributed by atoms with E-state index in [1.54, 1.807) is 0 Å². The van der Waals surface area contributed by atoms with Crippen LogP contribution in [0.4, 0.5) is 48.7 Å². The summed E-state index contributed by atoms with van der Waals surface area (Å²) in [5.41, 5.74) is -5.98. The number of nitrogens with zero attached hydrogens (tertiary/aromatic N) is 7. The maximum Gasteiger partial charge on any atom is 0.435 e. The van der Waals surface area contributed by atoms with Crippen LogP contribution < -0.4 is 5.32 Å². The molecule has 29 heteroatoms. The first-order chi connectivity index (χ1) is 34.2. The number of carbonyl (C=O) groups excluding carboxylic acids is 2. The molecule has 4 atom stereocenters. The minimum atomic E-state index is -5.22. The number of sulfone groups is 1. The number of alkyl halides is 8. The third kappa shape index (κ3) is 11.6. The summed E-state index contributed by atoms with van der Waals surface area (Å²) in [6.07, 6.45) is -12.4. The van der Waals surface area contributed by atoms with Crippen LogP contribution in [0.25, 0.3) is 22.0 Å². The van der Waals surface area contributed by atoms with Crippen molar-refractivity contribution in [2.45, 2.75) is 94.1 Å². The summed E-state index contributed by atoms with van der Waals surface area (Å²) in [6, 6.07) is 5.03. The Morgan fingerprint density at radius 1 is 1.01 bits per heavy atom. The fourth-order valence-electron chi connectivity index (χ4n) is 8.52. The van der Waals surface area contributed by atoms with Gasteiger partial charge in [0.05, 0.1) is 34.5 Å². The van der Waals surface area contributed by atoms with Gasteiger partial charge in [-0.25, -0.2) is 35.5 Å². The summed E-state index contributed by atoms with van der Waals surface area (Å²) in [4.78, 5) is 44.1. The number of benzene rings is 2. The lowest BCUT2D eigenvalue weighted by Gasteiger charge is -2.23. The average Bonchev–Trinajstić information content (AvgIpc) is 3.78. The van der Waals surface area contributed by atoms with E-state index in [9.17, 15) is 66.7 Å². The molecular formula is C45H41ClF10N8O8S2. The number of rotatable bonds is 16. The van der Waals surface area contributed by atoms with Crippen molar-refractivity contribution in [2.24, 2.45) is 5.92 Å². The van der Waals surface area contributed by atoms with E-state index in [0.717, 1.165) is 35.4 Å². The molecule has 1 saturated carbocycles. The van der Waals surface area contributed by atoms with E-state index < -0.39 is 158 Å². The number of fused-ring (bicyclic) bond motifs is 4. The number of amides is 3. The fraction of sp³-hybridized carbons (Fsp3) is 0.422. The number of carboxylic acid groups (broad SMARTS) is 1. The van der Waals surface area contributed by atoms with Gasteiger partial charge in [-0.05, 0) is 80.8 Å². The summed E-state index contributed by atoms with van der Waals surface area (Å²) in [6.45, 7) is -1.85. The van der Waals surface area contributed by atoms with Gasteiger partial charge in [0.1, 0.15) is 40.9 Å². The van der Waals surface area contributed by atoms with Crippen molar-refractivity contribution in [2.75, 3.05) is 19.8 Å². The van der Waals surface area contributed by atoms with Gasteiger partial charge < -0.3 is 15.3 Å². The van der Waals surface area contributed by atoms with Crippen LogP contribution in [0.15, 0.2) is 42.5 Å². The van der Waals surface area contributed by atoms with E-state index in [1.807, 2.05) is 0 Å². The van der Waals surface area contributed by atoms with Gasteiger partial charge in [-0.3, -0.25) is 23.5 Å². The van der Waals surface area contributed by atoms with Crippen molar-refractivity contribution in [3.05, 3.63) is 98.7 Å². The maximum absolute atomic E-state index is 15.6. The Morgan fingerprint density at radius 3 is 2.26 bits per heavy atom. The number of nitrogens with one attached hydrogen (secondary N) is 1. The molecule has 2 aliphatic carbocycles. The predicted molar refractivity (Wildman–Crippen MR) is 244 cm³/mol. The van der Waals surface area contributed by atoms with Crippen molar-refractivity contribution in [3.8, 4) is 23.0 Å². The van der Waals surface area contributed by atoms with Gasteiger partial charge in [0.25, 0.3) is 17.2 Å². The van der Waals surface area contributed by atoms with Gasteiger partial charge in [0, 0.05) is 60.3 Å². The van der Waals surface area contributed by atoms with Gasteiger partial charge in [-0.2, -0.15) is 45.3 Å². The molecule has 0 saturated heterocycles. The Labute approximate surface area is 421 Å². The SMILES string of the molecule is CN(CCCC(=O)N(Cc1nn(CC(F)(F)F)c2c(-c3ccc(C#CC(C)(C)S(C)(=O)=O)nc3C(Cc3cc(F)cc(F)c3)NC(=O)Cn3nc(C(F)(F)F)c4c3C(F)(F)[C@@H]3C[C@H]43)ccc(Cl)c12)S(=O)O)C(=O)O. The molecule has 16 nitrogen and oxygen atoms in total. The van der Waals surface area contributed by atoms with Gasteiger partial charge in [0.2, 0.25) is 11.8 Å². The summed E-state index contributed by atoms with van der Waals surface area (Å²) in [5.74, 6) is -6.06. The molecule has 7 rings (SSSR count). The summed E-state index contributed by atoms with van der Waals surface area (Å²) < 4.78 is 194. The Bertz CT molecular complexity index is 3280. The zero-order chi connectivity index (χ0) is 54.8. The van der Waals surface area contributed by atoms with Crippen molar-refractivity contribution in [1.29, 1.82) is 0 Å². The second-order valence-corrected chi connectivity index (χ2v) is 22.0. The summed E-state index contributed by atoms with van der Waals surface area (Å²) in [7, 11) is -2.71. The molecule has 3 N–H and O–H groups in total. The fourth-order valence-corrected chi connectivity index (χ4v) is 9.51. The molecule has 2 aliphatic rings. The van der Waals surface area contributed by atoms with E-state index in [2.05, 4.69) is 32.3 Å². The van der Waals surface area contributed by atoms with Crippen LogP contribution in [0.3, 0.4) is 0 Å². The molecule has 74 heavy (non-hydrogen) atoms. The first kappa shape index (κ1) is 55.4. The lowest BCUT2D eigenvalue weighted by Crippen LogP contribution is -2.35. The number of hydrogen-bond donors (Lipinski definition) is 3. The highest BCUT2D eigenvalue weighted by Gasteiger charge is 2.68. The number of pyridine rings is 1. The minimum Gasteiger partial charge on any atom is -0.465 e. The first-order valence-corrected chi connectivity index (χ1v) is 25.2. The molecule has 1 fully saturated rings. The van der Waals surface area contributed by atoms with Crippen LogP contribution in [0.2, 0.25) is 5.02 Å². The van der Waals surface area contributed by atoms with Gasteiger partial charge in [-0.15, -0.1) is 0 Å². The molecular weight excluding hydrogens is 1070 g/mol. The third-order valence-electron chi connectivity index (χ3n) is 12.4. The zero-order valence-corrected chi connectivity index (χ0v) is 41.3. The van der Waals surface area contributed by atoms with Crippen LogP contribution in [0.1, 0.15) is 84.7 Å².